The van der Waals surface area contributed by atoms with Crippen LogP contribution in [0.25, 0.3) is 0 Å². The van der Waals surface area contributed by atoms with Crippen molar-refractivity contribution in [2.45, 2.75) is 32.0 Å². The fraction of sp³-hybridized carbons (Fsp3) is 0.409. The zero-order valence-corrected chi connectivity index (χ0v) is 18.9. The normalized spacial score (nSPS) is 16.1. The summed E-state index contributed by atoms with van der Waals surface area (Å²) in [6.45, 7) is 4.39. The number of aliphatic carboxylic acids is 1. The summed E-state index contributed by atoms with van der Waals surface area (Å²) in [5, 5.41) is 12.4. The summed E-state index contributed by atoms with van der Waals surface area (Å²) >= 11 is 0. The fourth-order valence-corrected chi connectivity index (χ4v) is 3.46. The summed E-state index contributed by atoms with van der Waals surface area (Å²) < 4.78 is 24.2. The predicted molar refractivity (Wildman–Crippen MR) is 118 cm³/mol. The molecule has 160 valence electrons. The summed E-state index contributed by atoms with van der Waals surface area (Å²) in [6.07, 6.45) is 0.435. The van der Waals surface area contributed by atoms with Crippen molar-refractivity contribution in [2.75, 3.05) is 37.0 Å². The molecule has 0 fully saturated rings. The Morgan fingerprint density at radius 2 is 2.10 bits per heavy atom. The van der Waals surface area contributed by atoms with Crippen LogP contribution in [0.1, 0.15) is 21.8 Å². The van der Waals surface area contributed by atoms with Crippen LogP contribution in [-0.2, 0) is 16.0 Å². The molecule has 30 heavy (non-hydrogen) atoms. The van der Waals surface area contributed by atoms with Crippen LogP contribution < -0.4 is 15.0 Å². The number of nitrogens with one attached hydrogen (secondary N) is 1. The number of carbonyl (C=O) groups is 1. The summed E-state index contributed by atoms with van der Waals surface area (Å²) in [5.74, 6) is -0.650. The van der Waals surface area contributed by atoms with Gasteiger partial charge in [-0.1, -0.05) is 12.1 Å². The van der Waals surface area contributed by atoms with Gasteiger partial charge in [0.05, 0.1) is 12.2 Å². The number of fused-ring (bicyclic) bond motifs is 1. The quantitative estimate of drug-likeness (QED) is 0.471. The minimum absolute atomic E-state index is 0. The van der Waals surface area contributed by atoms with Gasteiger partial charge in [-0.3, -0.25) is 0 Å². The second kappa shape index (κ2) is 11.4. The molecule has 6 nitrogen and oxygen atoms in total. The topological polar surface area (TPSA) is 71.0 Å². The maximum atomic E-state index is 13.5. The minimum Gasteiger partial charge on any atom is -1.00 e. The van der Waals surface area contributed by atoms with Gasteiger partial charge in [-0.05, 0) is 43.2 Å². The van der Waals surface area contributed by atoms with Gasteiger partial charge in [-0.25, -0.2) is 9.18 Å². The van der Waals surface area contributed by atoms with Crippen LogP contribution in [0.4, 0.5) is 15.8 Å². The van der Waals surface area contributed by atoms with E-state index in [1.807, 2.05) is 31.2 Å². The molecule has 2 N–H and O–H groups in total. The molecule has 1 aliphatic heterocycles. The molecular formula is C22H29FMgN2O4. The molecule has 0 aliphatic carbocycles. The Morgan fingerprint density at radius 3 is 2.77 bits per heavy atom. The summed E-state index contributed by atoms with van der Waals surface area (Å²) in [4.78, 5) is 13.3. The van der Waals surface area contributed by atoms with E-state index in [1.54, 1.807) is 6.07 Å². The van der Waals surface area contributed by atoms with Gasteiger partial charge < -0.3 is 27.7 Å². The van der Waals surface area contributed by atoms with Crippen molar-refractivity contribution in [3.63, 3.8) is 0 Å². The van der Waals surface area contributed by atoms with E-state index in [0.717, 1.165) is 43.0 Å². The number of halogens is 1. The van der Waals surface area contributed by atoms with Crippen molar-refractivity contribution in [1.29, 1.82) is 0 Å². The van der Waals surface area contributed by atoms with Crippen LogP contribution in [0, 0.1) is 5.82 Å². The average molecular weight is 429 g/mol. The van der Waals surface area contributed by atoms with Crippen LogP contribution in [0.5, 0.6) is 5.75 Å². The molecule has 0 saturated heterocycles. The Balaban J connectivity index is 0.00000320. The first-order valence-electron chi connectivity index (χ1n) is 9.76. The first kappa shape index (κ1) is 24.2. The first-order chi connectivity index (χ1) is 14.0. The number of carboxylic acids is 1. The molecule has 0 bridgehead atoms. The van der Waals surface area contributed by atoms with Crippen molar-refractivity contribution in [2.24, 2.45) is 0 Å². The number of ether oxygens (including phenoxy) is 2. The second-order valence-corrected chi connectivity index (χ2v) is 7.23. The monoisotopic (exact) mass is 428 g/mol. The van der Waals surface area contributed by atoms with Gasteiger partial charge in [0, 0.05) is 38.4 Å². The van der Waals surface area contributed by atoms with Crippen LogP contribution in [-0.4, -0.2) is 73.1 Å². The fourth-order valence-electron chi connectivity index (χ4n) is 3.46. The van der Waals surface area contributed by atoms with Gasteiger partial charge in [0.15, 0.2) is 6.10 Å². The molecule has 0 spiro atoms. The molecule has 1 heterocycles. The van der Waals surface area contributed by atoms with Crippen molar-refractivity contribution < 1.29 is 26.6 Å². The van der Waals surface area contributed by atoms with Gasteiger partial charge in [0.1, 0.15) is 17.7 Å². The van der Waals surface area contributed by atoms with Gasteiger partial charge in [-0.15, -0.1) is 0 Å². The van der Waals surface area contributed by atoms with E-state index in [9.17, 15) is 9.18 Å². The molecule has 8 heteroatoms. The van der Waals surface area contributed by atoms with Crippen LogP contribution in [0.2, 0.25) is 0 Å². The molecule has 0 amide bonds. The van der Waals surface area contributed by atoms with Gasteiger partial charge in [0.25, 0.3) is 0 Å². The molecule has 3 rings (SSSR count). The summed E-state index contributed by atoms with van der Waals surface area (Å²) in [7, 11) is 1.40. The number of anilines is 2. The second-order valence-electron chi connectivity index (χ2n) is 7.23. The van der Waals surface area contributed by atoms with E-state index in [1.165, 1.54) is 19.2 Å². The Morgan fingerprint density at radius 1 is 1.37 bits per heavy atom. The van der Waals surface area contributed by atoms with Crippen molar-refractivity contribution in [3.05, 3.63) is 53.8 Å². The number of methoxy groups -OCH3 is 1. The number of hydrogen-bond donors (Lipinski definition) is 2. The maximum Gasteiger partial charge on any atom is 2.00 e. The molecule has 1 unspecified atom stereocenters. The largest absolute Gasteiger partial charge is 2.00 e. The van der Waals surface area contributed by atoms with E-state index in [-0.39, 0.29) is 37.8 Å². The SMILES string of the molecule is CO[C@@H](Cc1ccc(NCCCN2CC(C)Oc3cc(F)ccc32)cc1)C(=O)O.[H-].[H-].[Mg+2]. The molecule has 0 saturated carbocycles. The smallest absolute Gasteiger partial charge is 1.00 e. The predicted octanol–water partition coefficient (Wildman–Crippen LogP) is 3.40. The van der Waals surface area contributed by atoms with Crippen molar-refractivity contribution in [3.8, 4) is 5.75 Å². The van der Waals surface area contributed by atoms with Gasteiger partial charge in [-0.2, -0.15) is 0 Å². The Hall–Kier alpha value is -2.03. The Labute approximate surface area is 195 Å². The number of rotatable bonds is 9. The third-order valence-electron chi connectivity index (χ3n) is 4.94. The molecule has 2 atom stereocenters. The molecule has 1 aliphatic rings. The average Bonchev–Trinajstić information content (AvgIpc) is 2.69. The number of benzene rings is 2. The number of nitrogens with zero attached hydrogens (tertiary/aromatic N) is 1. The molecule has 2 aromatic carbocycles. The van der Waals surface area contributed by atoms with Gasteiger partial charge in [0.2, 0.25) is 0 Å². The van der Waals surface area contributed by atoms with E-state index in [4.69, 9.17) is 14.6 Å². The number of carboxylic acid groups (broad SMARTS) is 1. The first-order valence-corrected chi connectivity index (χ1v) is 9.76. The summed E-state index contributed by atoms with van der Waals surface area (Å²) in [5.41, 5.74) is 2.83. The Kier molecular flexibility index (Phi) is 9.20. The van der Waals surface area contributed by atoms with E-state index in [2.05, 4.69) is 10.2 Å². The van der Waals surface area contributed by atoms with Crippen LogP contribution in [0.15, 0.2) is 42.5 Å². The van der Waals surface area contributed by atoms with Crippen LogP contribution >= 0.6 is 0 Å². The van der Waals surface area contributed by atoms with Crippen LogP contribution in [0.3, 0.4) is 0 Å². The third-order valence-corrected chi connectivity index (χ3v) is 4.94. The Bertz CT molecular complexity index is 845. The third kappa shape index (κ3) is 6.48. The maximum absolute atomic E-state index is 13.5. The molecule has 2 aromatic rings. The van der Waals surface area contributed by atoms with Crippen molar-refractivity contribution in [1.82, 2.24) is 0 Å². The number of hydrogen-bond acceptors (Lipinski definition) is 5. The van der Waals surface area contributed by atoms with E-state index >= 15 is 0 Å². The van der Waals surface area contributed by atoms with Crippen molar-refractivity contribution >= 4 is 40.4 Å². The standard InChI is InChI=1S/C22H27FN2O4.Mg.2H/c1-15-14-25(19-9-6-17(23)13-20(19)29-15)11-3-10-24-18-7-4-16(5-8-18)12-21(28-2)22(26)27;;;/h4-9,13,15,21,24H,3,10-12,14H2,1-2H3,(H,26,27);;;/q;+2;2*-1/t15?,21-;;;/m0.../s1. The molecular weight excluding hydrogens is 400 g/mol. The van der Waals surface area contributed by atoms with Gasteiger partial charge >= 0.3 is 29.0 Å². The van der Waals surface area contributed by atoms with E-state index in [0.29, 0.717) is 12.2 Å². The van der Waals surface area contributed by atoms with E-state index < -0.39 is 12.1 Å². The molecule has 0 radical (unpaired) electrons. The minimum atomic E-state index is -0.962. The summed E-state index contributed by atoms with van der Waals surface area (Å²) in [6, 6.07) is 12.4. The molecule has 0 aromatic heterocycles. The zero-order valence-electron chi connectivity index (χ0n) is 19.4. The zero-order chi connectivity index (χ0) is 20.8.